The molecule has 0 aliphatic carbocycles. The van der Waals surface area contributed by atoms with Gasteiger partial charge in [0.05, 0.1) is 12.2 Å². The first kappa shape index (κ1) is 31.8. The van der Waals surface area contributed by atoms with Crippen molar-refractivity contribution in [3.05, 3.63) is 95.1 Å². The van der Waals surface area contributed by atoms with E-state index >= 15 is 0 Å². The smallest absolute Gasteiger partial charge is 0.494 e. The lowest BCUT2D eigenvalue weighted by molar-refractivity contribution is -0.274. The summed E-state index contributed by atoms with van der Waals surface area (Å²) in [5, 5.41) is 2.09. The SMILES string of the molecule is Cc1ccc(C2=C(c3ccc(OC(F)(F)F)cc3)C(=O)NC(c3ccc(OCCCC(F)(F)F)cc3)(C(F)(F)F)C2)cc1. The molecule has 0 bridgehead atoms. The van der Waals surface area contributed by atoms with E-state index < -0.39 is 48.8 Å². The average molecular weight is 618 g/mol. The Hall–Kier alpha value is -4.16. The van der Waals surface area contributed by atoms with Gasteiger partial charge in [-0.15, -0.1) is 13.2 Å². The number of carbonyl (C=O) groups excluding carboxylic acids is 1. The van der Waals surface area contributed by atoms with Crippen LogP contribution >= 0.6 is 0 Å². The summed E-state index contributed by atoms with van der Waals surface area (Å²) < 4.78 is 129. The zero-order valence-corrected chi connectivity index (χ0v) is 22.4. The van der Waals surface area contributed by atoms with E-state index in [2.05, 4.69) is 10.1 Å². The van der Waals surface area contributed by atoms with Gasteiger partial charge in [-0.25, -0.2) is 0 Å². The molecule has 1 heterocycles. The number of alkyl halides is 9. The largest absolute Gasteiger partial charge is 0.573 e. The summed E-state index contributed by atoms with van der Waals surface area (Å²) in [4.78, 5) is 13.5. The zero-order chi connectivity index (χ0) is 31.6. The van der Waals surface area contributed by atoms with Crippen molar-refractivity contribution >= 4 is 17.1 Å². The molecule has 1 aliphatic rings. The predicted octanol–water partition coefficient (Wildman–Crippen LogP) is 8.50. The number of carbonyl (C=O) groups is 1. The second kappa shape index (κ2) is 11.8. The molecular formula is C30H24F9NO3. The number of halogens is 9. The summed E-state index contributed by atoms with van der Waals surface area (Å²) in [6, 6.07) is 15.1. The van der Waals surface area contributed by atoms with Crippen LogP contribution in [0.3, 0.4) is 0 Å². The quantitative estimate of drug-likeness (QED) is 0.204. The van der Waals surface area contributed by atoms with E-state index in [0.717, 1.165) is 42.0 Å². The highest BCUT2D eigenvalue weighted by Crippen LogP contribution is 2.50. The summed E-state index contributed by atoms with van der Waals surface area (Å²) in [5.74, 6) is -1.65. The number of amides is 1. The fourth-order valence-corrected chi connectivity index (χ4v) is 4.73. The third-order valence-corrected chi connectivity index (χ3v) is 6.78. The van der Waals surface area contributed by atoms with Crippen molar-refractivity contribution in [2.75, 3.05) is 6.61 Å². The van der Waals surface area contributed by atoms with Crippen molar-refractivity contribution in [1.29, 1.82) is 0 Å². The molecule has 1 amide bonds. The van der Waals surface area contributed by atoms with Crippen LogP contribution in [0.5, 0.6) is 11.5 Å². The molecule has 4 nitrogen and oxygen atoms in total. The van der Waals surface area contributed by atoms with Crippen LogP contribution < -0.4 is 14.8 Å². The molecule has 0 radical (unpaired) electrons. The van der Waals surface area contributed by atoms with Gasteiger partial charge in [0.2, 0.25) is 0 Å². The van der Waals surface area contributed by atoms with Crippen molar-refractivity contribution < 1.29 is 53.8 Å². The zero-order valence-electron chi connectivity index (χ0n) is 22.4. The molecule has 4 rings (SSSR count). The maximum Gasteiger partial charge on any atom is 0.573 e. The van der Waals surface area contributed by atoms with Crippen LogP contribution in [0.25, 0.3) is 11.1 Å². The van der Waals surface area contributed by atoms with Gasteiger partial charge in [-0.2, -0.15) is 26.3 Å². The standard InChI is InChI=1S/C30H24F9NO3/c1-18-3-5-19(6-4-18)24-17-27(29(34,35)36,21-9-13-22(14-10-21)42-16-2-15-28(31,32)33)40-26(41)25(24)20-7-11-23(12-8-20)43-30(37,38)39/h3-14H,2,15-17H2,1H3,(H,40,41). The predicted molar refractivity (Wildman–Crippen MR) is 139 cm³/mol. The molecule has 13 heteroatoms. The second-order valence-electron chi connectivity index (χ2n) is 9.92. The van der Waals surface area contributed by atoms with Gasteiger partial charge in [-0.3, -0.25) is 4.79 Å². The Balaban J connectivity index is 1.74. The molecule has 0 spiro atoms. The summed E-state index contributed by atoms with van der Waals surface area (Å²) >= 11 is 0. The Labute approximate surface area is 240 Å². The lowest BCUT2D eigenvalue weighted by Crippen LogP contribution is -2.58. The Kier molecular flexibility index (Phi) is 8.75. The number of nitrogens with one attached hydrogen (secondary N) is 1. The first-order chi connectivity index (χ1) is 20.0. The van der Waals surface area contributed by atoms with Gasteiger partial charge in [0.1, 0.15) is 11.5 Å². The third kappa shape index (κ3) is 7.63. The lowest BCUT2D eigenvalue weighted by Gasteiger charge is -2.41. The highest BCUT2D eigenvalue weighted by molar-refractivity contribution is 6.28. The van der Waals surface area contributed by atoms with Crippen LogP contribution in [0.2, 0.25) is 0 Å². The number of ether oxygens (including phenoxy) is 2. The topological polar surface area (TPSA) is 47.6 Å². The second-order valence-corrected chi connectivity index (χ2v) is 9.92. The van der Waals surface area contributed by atoms with E-state index in [4.69, 9.17) is 4.74 Å². The molecule has 0 saturated carbocycles. The third-order valence-electron chi connectivity index (χ3n) is 6.78. The van der Waals surface area contributed by atoms with E-state index in [1.807, 2.05) is 0 Å². The highest BCUT2D eigenvalue weighted by atomic mass is 19.4. The maximum atomic E-state index is 14.9. The Morgan fingerprint density at radius 3 is 1.86 bits per heavy atom. The highest BCUT2D eigenvalue weighted by Gasteiger charge is 2.59. The lowest BCUT2D eigenvalue weighted by atomic mass is 9.75. The molecule has 1 N–H and O–H groups in total. The number of hydrogen-bond donors (Lipinski definition) is 1. The number of benzene rings is 3. The van der Waals surface area contributed by atoms with Gasteiger partial charge < -0.3 is 14.8 Å². The van der Waals surface area contributed by atoms with Gasteiger partial charge in [-0.05, 0) is 59.9 Å². The van der Waals surface area contributed by atoms with E-state index in [0.29, 0.717) is 5.56 Å². The van der Waals surface area contributed by atoms with Crippen molar-refractivity contribution in [1.82, 2.24) is 5.32 Å². The molecule has 1 aliphatic heterocycles. The minimum absolute atomic E-state index is 0.00181. The summed E-state index contributed by atoms with van der Waals surface area (Å²) in [6.07, 6.45) is -16.6. The van der Waals surface area contributed by atoms with Crippen LogP contribution in [0.1, 0.15) is 41.5 Å². The molecule has 0 aromatic heterocycles. The van der Waals surface area contributed by atoms with Crippen molar-refractivity contribution in [3.8, 4) is 11.5 Å². The summed E-state index contributed by atoms with van der Waals surface area (Å²) in [7, 11) is 0. The van der Waals surface area contributed by atoms with Gasteiger partial charge in [0, 0.05) is 12.8 Å². The first-order valence-corrected chi connectivity index (χ1v) is 12.8. The first-order valence-electron chi connectivity index (χ1n) is 12.8. The minimum atomic E-state index is -5.02. The molecule has 3 aromatic rings. The van der Waals surface area contributed by atoms with Crippen LogP contribution in [0, 0.1) is 6.92 Å². The molecule has 0 saturated heterocycles. The normalized spacial score (nSPS) is 18.0. The van der Waals surface area contributed by atoms with E-state index in [9.17, 15) is 44.3 Å². The molecule has 1 unspecified atom stereocenters. The Morgan fingerprint density at radius 2 is 1.33 bits per heavy atom. The number of hydrogen-bond acceptors (Lipinski definition) is 3. The van der Waals surface area contributed by atoms with E-state index in [1.54, 1.807) is 31.2 Å². The van der Waals surface area contributed by atoms with Crippen molar-refractivity contribution in [2.24, 2.45) is 0 Å². The summed E-state index contributed by atoms with van der Waals surface area (Å²) in [6.45, 7) is 1.45. The van der Waals surface area contributed by atoms with Crippen molar-refractivity contribution in [2.45, 2.75) is 50.4 Å². The molecule has 1 atom stereocenters. The van der Waals surface area contributed by atoms with E-state index in [1.165, 1.54) is 12.1 Å². The van der Waals surface area contributed by atoms with Crippen molar-refractivity contribution in [3.63, 3.8) is 0 Å². The maximum absolute atomic E-state index is 14.9. The average Bonchev–Trinajstić information content (AvgIpc) is 2.90. The van der Waals surface area contributed by atoms with Gasteiger partial charge in [0.25, 0.3) is 5.91 Å². The monoisotopic (exact) mass is 617 g/mol. The van der Waals surface area contributed by atoms with Gasteiger partial charge in [0.15, 0.2) is 5.54 Å². The summed E-state index contributed by atoms with van der Waals surface area (Å²) in [5.41, 5.74) is -2.27. The molecule has 230 valence electrons. The van der Waals surface area contributed by atoms with Crippen LogP contribution in [-0.4, -0.2) is 31.2 Å². The molecule has 3 aromatic carbocycles. The van der Waals surface area contributed by atoms with Gasteiger partial charge in [-0.1, -0.05) is 54.1 Å². The van der Waals surface area contributed by atoms with Crippen LogP contribution in [-0.2, 0) is 10.3 Å². The fraction of sp³-hybridized carbons (Fsp3) is 0.300. The van der Waals surface area contributed by atoms with Crippen LogP contribution in [0.4, 0.5) is 39.5 Å². The van der Waals surface area contributed by atoms with Crippen LogP contribution in [0.15, 0.2) is 72.8 Å². The Morgan fingerprint density at radius 1 is 0.767 bits per heavy atom. The number of aryl methyl sites for hydroxylation is 1. The molecule has 0 fully saturated rings. The fourth-order valence-electron chi connectivity index (χ4n) is 4.73. The Bertz CT molecular complexity index is 1460. The van der Waals surface area contributed by atoms with E-state index in [-0.39, 0.29) is 41.1 Å². The minimum Gasteiger partial charge on any atom is -0.494 e. The molecular weight excluding hydrogens is 593 g/mol. The number of rotatable bonds is 8. The molecule has 43 heavy (non-hydrogen) atoms. The van der Waals surface area contributed by atoms with Gasteiger partial charge >= 0.3 is 18.7 Å².